The fourth-order valence-electron chi connectivity index (χ4n) is 2.79. The van der Waals surface area contributed by atoms with Crippen LogP contribution in [0.15, 0.2) is 18.2 Å². The Balaban J connectivity index is 2.08. The van der Waals surface area contributed by atoms with Crippen molar-refractivity contribution in [3.63, 3.8) is 0 Å². The maximum atomic E-state index is 10.9. The molecule has 0 aliphatic carbocycles. The van der Waals surface area contributed by atoms with Crippen LogP contribution in [0.25, 0.3) is 0 Å². The smallest absolute Gasteiger partial charge is 0.292 e. The molecule has 0 radical (unpaired) electrons. The van der Waals surface area contributed by atoms with Crippen molar-refractivity contribution >= 4 is 11.4 Å². The number of rotatable bonds is 4. The zero-order valence-corrected chi connectivity index (χ0v) is 12.4. The van der Waals surface area contributed by atoms with Crippen LogP contribution in [-0.2, 0) is 6.54 Å². The van der Waals surface area contributed by atoms with Crippen molar-refractivity contribution in [2.24, 2.45) is 11.8 Å². The molecule has 1 aliphatic rings. The molecule has 20 heavy (non-hydrogen) atoms. The highest BCUT2D eigenvalue weighted by Crippen LogP contribution is 2.27. The average Bonchev–Trinajstić information content (AvgIpc) is 2.42. The van der Waals surface area contributed by atoms with Crippen LogP contribution in [0.4, 0.5) is 11.4 Å². The van der Waals surface area contributed by atoms with Crippen molar-refractivity contribution in [2.45, 2.75) is 26.8 Å². The Hall–Kier alpha value is -1.62. The first kappa shape index (κ1) is 14.8. The summed E-state index contributed by atoms with van der Waals surface area (Å²) >= 11 is 0. The number of nitrogens with zero attached hydrogens (tertiary/aromatic N) is 2. The summed E-state index contributed by atoms with van der Waals surface area (Å²) < 4.78 is 0. The average molecular weight is 277 g/mol. The number of nitro benzene ring substituents is 1. The van der Waals surface area contributed by atoms with E-state index in [1.165, 1.54) is 6.42 Å². The lowest BCUT2D eigenvalue weighted by Crippen LogP contribution is -2.37. The first-order valence-electron chi connectivity index (χ1n) is 7.18. The predicted molar refractivity (Wildman–Crippen MR) is 80.9 cm³/mol. The van der Waals surface area contributed by atoms with Crippen LogP contribution in [0.1, 0.15) is 25.8 Å². The molecule has 1 N–H and O–H groups in total. The number of benzene rings is 1. The van der Waals surface area contributed by atoms with E-state index in [0.717, 1.165) is 31.1 Å². The van der Waals surface area contributed by atoms with Gasteiger partial charge in [0.15, 0.2) is 0 Å². The van der Waals surface area contributed by atoms with Crippen LogP contribution in [-0.4, -0.2) is 30.0 Å². The summed E-state index contributed by atoms with van der Waals surface area (Å²) in [6.45, 7) is 7.69. The molecule has 0 aromatic heterocycles. The molecule has 0 bridgehead atoms. The number of likely N-dealkylation sites (tertiary alicyclic amines) is 1. The zero-order chi connectivity index (χ0) is 14.7. The van der Waals surface area contributed by atoms with Gasteiger partial charge in [-0.1, -0.05) is 19.9 Å². The largest absolute Gasteiger partial charge is 0.383 e. The van der Waals surface area contributed by atoms with Gasteiger partial charge in [0.2, 0.25) is 0 Å². The molecule has 1 fully saturated rings. The lowest BCUT2D eigenvalue weighted by atomic mass is 9.88. The fraction of sp³-hybridized carbons (Fsp3) is 0.600. The molecule has 0 amide bonds. The van der Waals surface area contributed by atoms with E-state index in [0.29, 0.717) is 11.6 Å². The normalized spacial score (nSPS) is 23.6. The Morgan fingerprint density at radius 2 is 2.15 bits per heavy atom. The minimum absolute atomic E-state index is 0.136. The molecule has 1 aromatic carbocycles. The third-order valence-electron chi connectivity index (χ3n) is 4.35. The topological polar surface area (TPSA) is 58.4 Å². The van der Waals surface area contributed by atoms with Crippen molar-refractivity contribution in [3.05, 3.63) is 33.9 Å². The Bertz CT molecular complexity index is 490. The molecule has 5 nitrogen and oxygen atoms in total. The van der Waals surface area contributed by atoms with Crippen LogP contribution in [0, 0.1) is 22.0 Å². The monoisotopic (exact) mass is 277 g/mol. The first-order valence-corrected chi connectivity index (χ1v) is 7.18. The summed E-state index contributed by atoms with van der Waals surface area (Å²) in [7, 11) is 1.72. The van der Waals surface area contributed by atoms with E-state index < -0.39 is 0 Å². The number of anilines is 1. The molecule has 1 aliphatic heterocycles. The fourth-order valence-corrected chi connectivity index (χ4v) is 2.79. The number of hydrogen-bond donors (Lipinski definition) is 1. The molecule has 2 atom stereocenters. The van der Waals surface area contributed by atoms with Crippen molar-refractivity contribution in [1.29, 1.82) is 0 Å². The standard InChI is InChI=1S/C15H23N3O2/c1-11-6-7-17(9-12(11)2)10-13-4-5-15(18(19)20)14(8-13)16-3/h4-5,8,11-12,16H,6-7,9-10H2,1-3H3. The van der Waals surface area contributed by atoms with Gasteiger partial charge in [-0.05, 0) is 36.4 Å². The SMILES string of the molecule is CNc1cc(CN2CCC(C)C(C)C2)ccc1[N+](=O)[O-]. The van der Waals surface area contributed by atoms with Crippen molar-refractivity contribution < 1.29 is 4.92 Å². The van der Waals surface area contributed by atoms with Crippen molar-refractivity contribution in [2.75, 3.05) is 25.5 Å². The van der Waals surface area contributed by atoms with Gasteiger partial charge in [0.25, 0.3) is 5.69 Å². The van der Waals surface area contributed by atoms with Crippen LogP contribution >= 0.6 is 0 Å². The van der Waals surface area contributed by atoms with Gasteiger partial charge in [-0.3, -0.25) is 15.0 Å². The molecule has 0 saturated carbocycles. The number of hydrogen-bond acceptors (Lipinski definition) is 4. The van der Waals surface area contributed by atoms with Gasteiger partial charge in [-0.25, -0.2) is 0 Å². The second-order valence-corrected chi connectivity index (χ2v) is 5.84. The summed E-state index contributed by atoms with van der Waals surface area (Å²) in [6.07, 6.45) is 1.23. The van der Waals surface area contributed by atoms with Gasteiger partial charge in [-0.15, -0.1) is 0 Å². The first-order chi connectivity index (χ1) is 9.51. The summed E-state index contributed by atoms with van der Waals surface area (Å²) in [5.41, 5.74) is 1.85. The molecular formula is C15H23N3O2. The highest BCUT2D eigenvalue weighted by Gasteiger charge is 2.23. The highest BCUT2D eigenvalue weighted by atomic mass is 16.6. The minimum Gasteiger partial charge on any atom is -0.383 e. The number of nitrogens with one attached hydrogen (secondary N) is 1. The second-order valence-electron chi connectivity index (χ2n) is 5.84. The van der Waals surface area contributed by atoms with Crippen LogP contribution in [0.2, 0.25) is 0 Å². The maximum Gasteiger partial charge on any atom is 0.292 e. The Kier molecular flexibility index (Phi) is 4.60. The Labute approximate surface area is 120 Å². The van der Waals surface area contributed by atoms with Gasteiger partial charge in [0.1, 0.15) is 5.69 Å². The molecule has 5 heteroatoms. The number of piperidine rings is 1. The van der Waals surface area contributed by atoms with Gasteiger partial charge in [0.05, 0.1) is 4.92 Å². The van der Waals surface area contributed by atoms with E-state index in [1.54, 1.807) is 13.1 Å². The third-order valence-corrected chi connectivity index (χ3v) is 4.35. The number of nitro groups is 1. The quantitative estimate of drug-likeness (QED) is 0.678. The lowest BCUT2D eigenvalue weighted by molar-refractivity contribution is -0.384. The van der Waals surface area contributed by atoms with Gasteiger partial charge >= 0.3 is 0 Å². The van der Waals surface area contributed by atoms with E-state index in [1.807, 2.05) is 12.1 Å². The lowest BCUT2D eigenvalue weighted by Gasteiger charge is -2.35. The Morgan fingerprint density at radius 3 is 2.75 bits per heavy atom. The van der Waals surface area contributed by atoms with Crippen LogP contribution < -0.4 is 5.32 Å². The Morgan fingerprint density at radius 1 is 1.40 bits per heavy atom. The molecule has 0 spiro atoms. The molecule has 1 saturated heterocycles. The minimum atomic E-state index is -0.347. The third kappa shape index (κ3) is 3.28. The highest BCUT2D eigenvalue weighted by molar-refractivity contribution is 5.62. The molecule has 1 heterocycles. The van der Waals surface area contributed by atoms with E-state index in [4.69, 9.17) is 0 Å². The van der Waals surface area contributed by atoms with E-state index in [2.05, 4.69) is 24.1 Å². The van der Waals surface area contributed by atoms with E-state index in [9.17, 15) is 10.1 Å². The summed E-state index contributed by atoms with van der Waals surface area (Å²) in [5, 5.41) is 13.8. The van der Waals surface area contributed by atoms with Crippen LogP contribution in [0.5, 0.6) is 0 Å². The van der Waals surface area contributed by atoms with E-state index >= 15 is 0 Å². The summed E-state index contributed by atoms with van der Waals surface area (Å²) in [6, 6.07) is 5.35. The van der Waals surface area contributed by atoms with Gasteiger partial charge in [0, 0.05) is 26.2 Å². The molecule has 110 valence electrons. The van der Waals surface area contributed by atoms with Crippen LogP contribution in [0.3, 0.4) is 0 Å². The summed E-state index contributed by atoms with van der Waals surface area (Å²) in [5.74, 6) is 1.50. The van der Waals surface area contributed by atoms with Gasteiger partial charge in [-0.2, -0.15) is 0 Å². The van der Waals surface area contributed by atoms with Gasteiger partial charge < -0.3 is 5.32 Å². The predicted octanol–water partition coefficient (Wildman–Crippen LogP) is 3.11. The van der Waals surface area contributed by atoms with Crippen molar-refractivity contribution in [1.82, 2.24) is 4.90 Å². The van der Waals surface area contributed by atoms with Crippen molar-refractivity contribution in [3.8, 4) is 0 Å². The molecule has 2 rings (SSSR count). The second kappa shape index (κ2) is 6.22. The molecular weight excluding hydrogens is 254 g/mol. The molecule has 1 aromatic rings. The van der Waals surface area contributed by atoms with E-state index in [-0.39, 0.29) is 10.6 Å². The zero-order valence-electron chi connectivity index (χ0n) is 12.4. The maximum absolute atomic E-state index is 10.9. The molecule has 2 unspecified atom stereocenters. The summed E-state index contributed by atoms with van der Waals surface area (Å²) in [4.78, 5) is 13.0.